The van der Waals surface area contributed by atoms with Gasteiger partial charge in [0.25, 0.3) is 0 Å². The van der Waals surface area contributed by atoms with Crippen LogP contribution < -0.4 is 5.32 Å². The highest BCUT2D eigenvalue weighted by molar-refractivity contribution is 7.09. The minimum absolute atomic E-state index is 0.258. The highest BCUT2D eigenvalue weighted by atomic mass is 32.1. The van der Waals surface area contributed by atoms with E-state index in [1.807, 2.05) is 17.5 Å². The molecular formula is C10H13NO3S. The Labute approximate surface area is 91.9 Å². The van der Waals surface area contributed by atoms with E-state index in [1.165, 1.54) is 0 Å². The van der Waals surface area contributed by atoms with Crippen molar-refractivity contribution in [1.82, 2.24) is 5.32 Å². The highest BCUT2D eigenvalue weighted by Gasteiger charge is 2.41. The Balaban J connectivity index is 1.99. The van der Waals surface area contributed by atoms with Crippen molar-refractivity contribution < 1.29 is 14.6 Å². The summed E-state index contributed by atoms with van der Waals surface area (Å²) in [5.41, 5.74) is -0.885. The van der Waals surface area contributed by atoms with Gasteiger partial charge in [0.15, 0.2) is 0 Å². The number of carbonyl (C=O) groups is 1. The number of hydrogen-bond acceptors (Lipinski definition) is 4. The van der Waals surface area contributed by atoms with E-state index in [1.54, 1.807) is 11.3 Å². The summed E-state index contributed by atoms with van der Waals surface area (Å²) in [5.74, 6) is -0.823. The molecule has 4 nitrogen and oxygen atoms in total. The molecule has 1 aliphatic rings. The lowest BCUT2D eigenvalue weighted by atomic mass is 9.99. The Bertz CT molecular complexity index is 330. The fourth-order valence-corrected chi connectivity index (χ4v) is 2.26. The average molecular weight is 227 g/mol. The first-order chi connectivity index (χ1) is 7.23. The Morgan fingerprint density at radius 2 is 2.60 bits per heavy atom. The second-order valence-corrected chi connectivity index (χ2v) is 4.66. The van der Waals surface area contributed by atoms with Gasteiger partial charge in [-0.25, -0.2) is 0 Å². The lowest BCUT2D eigenvalue weighted by Gasteiger charge is -2.23. The molecule has 5 heteroatoms. The molecule has 15 heavy (non-hydrogen) atoms. The molecule has 0 saturated carbocycles. The Morgan fingerprint density at radius 1 is 1.73 bits per heavy atom. The number of carboxylic acid groups (broad SMARTS) is 1. The maximum absolute atomic E-state index is 11.1. The molecule has 2 rings (SSSR count). The molecule has 1 fully saturated rings. The van der Waals surface area contributed by atoms with Gasteiger partial charge in [0.1, 0.15) is 5.54 Å². The summed E-state index contributed by atoms with van der Waals surface area (Å²) in [6.07, 6.45) is 0.535. The van der Waals surface area contributed by atoms with Gasteiger partial charge in [-0.3, -0.25) is 10.1 Å². The van der Waals surface area contributed by atoms with Gasteiger partial charge < -0.3 is 9.84 Å². The van der Waals surface area contributed by atoms with Crippen LogP contribution in [0.2, 0.25) is 0 Å². The Hall–Kier alpha value is -0.910. The standard InChI is InChI=1S/C10H13NO3S/c12-9(13)10(3-4-14-7-10)11-6-8-2-1-5-15-8/h1-2,5,11H,3-4,6-7H2,(H,12,13). The summed E-state index contributed by atoms with van der Waals surface area (Å²) >= 11 is 1.62. The molecule has 2 heterocycles. The lowest BCUT2D eigenvalue weighted by Crippen LogP contribution is -2.52. The van der Waals surface area contributed by atoms with Gasteiger partial charge in [0, 0.05) is 24.4 Å². The summed E-state index contributed by atoms with van der Waals surface area (Å²) in [6, 6.07) is 3.95. The van der Waals surface area contributed by atoms with Crippen LogP contribution in [-0.2, 0) is 16.1 Å². The van der Waals surface area contributed by atoms with Crippen molar-refractivity contribution in [3.05, 3.63) is 22.4 Å². The smallest absolute Gasteiger partial charge is 0.326 e. The van der Waals surface area contributed by atoms with Crippen molar-refractivity contribution in [2.24, 2.45) is 0 Å². The van der Waals surface area contributed by atoms with Crippen LogP contribution in [-0.4, -0.2) is 29.8 Å². The molecule has 1 aromatic heterocycles. The van der Waals surface area contributed by atoms with E-state index in [4.69, 9.17) is 9.84 Å². The number of carboxylic acids is 1. The van der Waals surface area contributed by atoms with Crippen LogP contribution in [0.25, 0.3) is 0 Å². The van der Waals surface area contributed by atoms with Gasteiger partial charge in [-0.05, 0) is 11.4 Å². The first-order valence-corrected chi connectivity index (χ1v) is 5.69. The predicted molar refractivity (Wildman–Crippen MR) is 57.0 cm³/mol. The first-order valence-electron chi connectivity index (χ1n) is 4.81. The van der Waals surface area contributed by atoms with Crippen LogP contribution in [0.3, 0.4) is 0 Å². The number of aliphatic carboxylic acids is 1. The molecule has 1 aromatic rings. The monoisotopic (exact) mass is 227 g/mol. The SMILES string of the molecule is O=C(O)C1(NCc2cccs2)CCOC1. The van der Waals surface area contributed by atoms with Crippen molar-refractivity contribution in [2.75, 3.05) is 13.2 Å². The van der Waals surface area contributed by atoms with Crippen molar-refractivity contribution in [2.45, 2.75) is 18.5 Å². The molecule has 2 N–H and O–H groups in total. The topological polar surface area (TPSA) is 58.6 Å². The van der Waals surface area contributed by atoms with Gasteiger partial charge >= 0.3 is 5.97 Å². The van der Waals surface area contributed by atoms with E-state index in [9.17, 15) is 4.79 Å². The Morgan fingerprint density at radius 3 is 3.13 bits per heavy atom. The van der Waals surface area contributed by atoms with E-state index in [0.717, 1.165) is 4.88 Å². The summed E-state index contributed by atoms with van der Waals surface area (Å²) in [4.78, 5) is 12.3. The van der Waals surface area contributed by atoms with Crippen LogP contribution in [0.5, 0.6) is 0 Å². The lowest BCUT2D eigenvalue weighted by molar-refractivity contribution is -0.144. The van der Waals surface area contributed by atoms with Crippen LogP contribution in [0.4, 0.5) is 0 Å². The molecule has 0 aromatic carbocycles. The summed E-state index contributed by atoms with van der Waals surface area (Å²) in [5, 5.41) is 14.2. The largest absolute Gasteiger partial charge is 0.480 e. The van der Waals surface area contributed by atoms with Crippen molar-refractivity contribution in [3.63, 3.8) is 0 Å². The number of rotatable bonds is 4. The summed E-state index contributed by atoms with van der Waals surface area (Å²) in [6.45, 7) is 1.37. The fraction of sp³-hybridized carbons (Fsp3) is 0.500. The second-order valence-electron chi connectivity index (χ2n) is 3.62. The number of hydrogen-bond donors (Lipinski definition) is 2. The zero-order chi connectivity index (χ0) is 10.7. The number of thiophene rings is 1. The van der Waals surface area contributed by atoms with Gasteiger partial charge in [0.05, 0.1) is 6.61 Å². The third-order valence-electron chi connectivity index (χ3n) is 2.61. The number of nitrogens with one attached hydrogen (secondary N) is 1. The van der Waals surface area contributed by atoms with E-state index < -0.39 is 11.5 Å². The molecule has 1 atom stereocenters. The summed E-state index contributed by atoms with van der Waals surface area (Å²) in [7, 11) is 0. The molecule has 82 valence electrons. The first kappa shape index (κ1) is 10.6. The quantitative estimate of drug-likeness (QED) is 0.808. The van der Waals surface area contributed by atoms with E-state index >= 15 is 0 Å². The van der Waals surface area contributed by atoms with Gasteiger partial charge in [-0.1, -0.05) is 6.07 Å². The van der Waals surface area contributed by atoms with Gasteiger partial charge in [-0.15, -0.1) is 11.3 Å². The molecule has 0 radical (unpaired) electrons. The van der Waals surface area contributed by atoms with Crippen molar-refractivity contribution in [1.29, 1.82) is 0 Å². The minimum Gasteiger partial charge on any atom is -0.480 e. The van der Waals surface area contributed by atoms with Crippen molar-refractivity contribution in [3.8, 4) is 0 Å². The van der Waals surface area contributed by atoms with Crippen molar-refractivity contribution >= 4 is 17.3 Å². The molecule has 0 aliphatic carbocycles. The van der Waals surface area contributed by atoms with Crippen LogP contribution in [0, 0.1) is 0 Å². The molecule has 0 spiro atoms. The average Bonchev–Trinajstić information content (AvgIpc) is 2.87. The van der Waals surface area contributed by atoms with E-state index in [0.29, 0.717) is 19.6 Å². The van der Waals surface area contributed by atoms with Gasteiger partial charge in [-0.2, -0.15) is 0 Å². The van der Waals surface area contributed by atoms with Crippen LogP contribution in [0.15, 0.2) is 17.5 Å². The zero-order valence-electron chi connectivity index (χ0n) is 8.23. The highest BCUT2D eigenvalue weighted by Crippen LogP contribution is 2.20. The molecule has 1 saturated heterocycles. The minimum atomic E-state index is -0.885. The Kier molecular flexibility index (Phi) is 3.04. The molecule has 0 bridgehead atoms. The molecule has 1 unspecified atom stereocenters. The van der Waals surface area contributed by atoms with Crippen LogP contribution >= 0.6 is 11.3 Å². The third kappa shape index (κ3) is 2.19. The zero-order valence-corrected chi connectivity index (χ0v) is 9.05. The fourth-order valence-electron chi connectivity index (χ4n) is 1.62. The normalized spacial score (nSPS) is 25.6. The number of ether oxygens (including phenoxy) is 1. The molecule has 1 aliphatic heterocycles. The second kappa shape index (κ2) is 4.30. The van der Waals surface area contributed by atoms with E-state index in [2.05, 4.69) is 5.32 Å². The van der Waals surface area contributed by atoms with Crippen LogP contribution in [0.1, 0.15) is 11.3 Å². The summed E-state index contributed by atoms with van der Waals surface area (Å²) < 4.78 is 5.15. The maximum Gasteiger partial charge on any atom is 0.326 e. The van der Waals surface area contributed by atoms with E-state index in [-0.39, 0.29) is 6.61 Å². The predicted octanol–water partition coefficient (Wildman–Crippen LogP) is 1.08. The maximum atomic E-state index is 11.1. The molecular weight excluding hydrogens is 214 g/mol. The third-order valence-corrected chi connectivity index (χ3v) is 3.49. The molecule has 0 amide bonds. The van der Waals surface area contributed by atoms with Gasteiger partial charge in [0.2, 0.25) is 0 Å².